The Morgan fingerprint density at radius 2 is 1.65 bits per heavy atom. The number of alkyl halides is 3. The van der Waals surface area contributed by atoms with Crippen molar-refractivity contribution in [3.63, 3.8) is 0 Å². The fraction of sp³-hybridized carbons (Fsp3) is 0.188. The highest BCUT2D eigenvalue weighted by Gasteiger charge is 2.65. The quantitative estimate of drug-likeness (QED) is 0.728. The summed E-state index contributed by atoms with van der Waals surface area (Å²) in [6.45, 7) is 1.64. The van der Waals surface area contributed by atoms with E-state index in [2.05, 4.69) is 5.32 Å². The van der Waals surface area contributed by atoms with Gasteiger partial charge in [-0.1, -0.05) is 23.2 Å². The molecule has 5 nitrogen and oxygen atoms in total. The number of urea groups is 1. The summed E-state index contributed by atoms with van der Waals surface area (Å²) in [6, 6.07) is 7.05. The van der Waals surface area contributed by atoms with Gasteiger partial charge in [0.05, 0.1) is 0 Å². The van der Waals surface area contributed by atoms with Gasteiger partial charge in [0.2, 0.25) is 0 Å². The molecule has 0 spiro atoms. The van der Waals surface area contributed by atoms with Gasteiger partial charge in [-0.05, 0) is 42.8 Å². The molecule has 2 aromatic carbocycles. The Labute approximate surface area is 156 Å². The molecule has 0 bridgehead atoms. The Bertz CT molecular complexity index is 876. The summed E-state index contributed by atoms with van der Waals surface area (Å²) < 4.78 is 50.5. The van der Waals surface area contributed by atoms with E-state index in [-0.39, 0.29) is 22.2 Å². The summed E-state index contributed by atoms with van der Waals surface area (Å²) >= 11 is 11.6. The molecule has 2 amide bonds. The van der Waals surface area contributed by atoms with E-state index in [0.717, 1.165) is 6.07 Å². The van der Waals surface area contributed by atoms with Gasteiger partial charge in [0.15, 0.2) is 11.5 Å². The molecule has 0 aromatic heterocycles. The van der Waals surface area contributed by atoms with Gasteiger partial charge in [-0.3, -0.25) is 5.32 Å². The van der Waals surface area contributed by atoms with Gasteiger partial charge < -0.3 is 14.8 Å². The zero-order valence-corrected chi connectivity index (χ0v) is 14.6. The molecule has 0 radical (unpaired) electrons. The van der Waals surface area contributed by atoms with Gasteiger partial charge in [0, 0.05) is 21.8 Å². The minimum Gasteiger partial charge on any atom is -0.424 e. The van der Waals surface area contributed by atoms with Crippen molar-refractivity contribution in [3.8, 4) is 11.5 Å². The number of hydrogen-bond donors (Lipinski definition) is 2. The van der Waals surface area contributed by atoms with E-state index in [9.17, 15) is 18.0 Å². The zero-order valence-electron chi connectivity index (χ0n) is 13.1. The van der Waals surface area contributed by atoms with Crippen molar-refractivity contribution in [3.05, 3.63) is 52.0 Å². The topological polar surface area (TPSA) is 59.6 Å². The molecule has 1 atom stereocenters. The third-order valence-corrected chi connectivity index (χ3v) is 3.97. The SMILES string of the molecule is Cc1cc(Cl)ccc1NC(=O)NC1(C(F)(F)F)Oc2ccc(Cl)cc2O1. The Morgan fingerprint density at radius 1 is 1.04 bits per heavy atom. The highest BCUT2D eigenvalue weighted by Crippen LogP contribution is 2.46. The largest absolute Gasteiger partial charge is 0.492 e. The van der Waals surface area contributed by atoms with Crippen LogP contribution in [0.15, 0.2) is 36.4 Å². The lowest BCUT2D eigenvalue weighted by molar-refractivity contribution is -0.317. The standard InChI is InChI=1S/C16H11Cl2F3N2O3/c1-8-6-9(17)2-4-11(8)22-14(24)23-16(15(19,20)21)25-12-5-3-10(18)7-13(12)26-16/h2-7H,1H3,(H2,22,23,24). The second-order valence-electron chi connectivity index (χ2n) is 5.45. The lowest BCUT2D eigenvalue weighted by atomic mass is 10.2. The Kier molecular flexibility index (Phi) is 4.58. The van der Waals surface area contributed by atoms with Crippen LogP contribution in [0.1, 0.15) is 5.56 Å². The zero-order chi connectivity index (χ0) is 19.1. The predicted molar refractivity (Wildman–Crippen MR) is 89.8 cm³/mol. The molecule has 1 unspecified atom stereocenters. The van der Waals surface area contributed by atoms with E-state index in [1.165, 1.54) is 24.3 Å². The first-order chi connectivity index (χ1) is 12.1. The van der Waals surface area contributed by atoms with Crippen molar-refractivity contribution < 1.29 is 27.4 Å². The first-order valence-corrected chi connectivity index (χ1v) is 7.95. The number of ether oxygens (including phenoxy) is 2. The minimum atomic E-state index is -5.06. The van der Waals surface area contributed by atoms with Gasteiger partial charge in [-0.2, -0.15) is 13.2 Å². The van der Waals surface area contributed by atoms with Crippen LogP contribution in [0, 0.1) is 6.92 Å². The van der Waals surface area contributed by atoms with Crippen LogP contribution >= 0.6 is 23.2 Å². The molecule has 1 aliphatic rings. The smallest absolute Gasteiger partial charge is 0.424 e. The molecule has 2 N–H and O–H groups in total. The molecular weight excluding hydrogens is 396 g/mol. The van der Waals surface area contributed by atoms with Crippen molar-refractivity contribution in [2.45, 2.75) is 19.0 Å². The average Bonchev–Trinajstić information content (AvgIpc) is 2.88. The molecular formula is C16H11Cl2F3N2O3. The number of rotatable bonds is 2. The third kappa shape index (κ3) is 3.47. The van der Waals surface area contributed by atoms with Crippen LogP contribution in [0.5, 0.6) is 11.5 Å². The van der Waals surface area contributed by atoms with Gasteiger partial charge in [0.25, 0.3) is 0 Å². The van der Waals surface area contributed by atoms with Gasteiger partial charge in [0.1, 0.15) is 0 Å². The molecule has 3 rings (SSSR count). The summed E-state index contributed by atoms with van der Waals surface area (Å²) in [5, 5.41) is 4.58. The maximum atomic E-state index is 13.6. The number of nitrogens with one attached hydrogen (secondary N) is 2. The fourth-order valence-corrected chi connectivity index (χ4v) is 2.67. The van der Waals surface area contributed by atoms with Crippen LogP contribution in [-0.2, 0) is 0 Å². The van der Waals surface area contributed by atoms with Crippen molar-refractivity contribution >= 4 is 34.9 Å². The lowest BCUT2D eigenvalue weighted by Crippen LogP contribution is -2.65. The summed E-state index contributed by atoms with van der Waals surface area (Å²) in [7, 11) is 0. The first-order valence-electron chi connectivity index (χ1n) is 7.19. The van der Waals surface area contributed by atoms with Gasteiger partial charge in [-0.15, -0.1) is 0 Å². The molecule has 2 aromatic rings. The number of carbonyl (C=O) groups is 1. The number of hydrogen-bond acceptors (Lipinski definition) is 3. The van der Waals surface area contributed by atoms with Crippen LogP contribution in [0.25, 0.3) is 0 Å². The van der Waals surface area contributed by atoms with Crippen LogP contribution in [-0.4, -0.2) is 18.1 Å². The van der Waals surface area contributed by atoms with Crippen LogP contribution in [0.2, 0.25) is 10.0 Å². The predicted octanol–water partition coefficient (Wildman–Crippen LogP) is 5.11. The molecule has 0 aliphatic carbocycles. The second-order valence-corrected chi connectivity index (χ2v) is 6.32. The monoisotopic (exact) mass is 406 g/mol. The molecule has 0 saturated carbocycles. The second kappa shape index (κ2) is 6.44. The van der Waals surface area contributed by atoms with Crippen molar-refractivity contribution in [2.24, 2.45) is 0 Å². The number of anilines is 1. The maximum absolute atomic E-state index is 13.6. The van der Waals surface area contributed by atoms with E-state index in [4.69, 9.17) is 32.7 Å². The van der Waals surface area contributed by atoms with E-state index in [0.29, 0.717) is 10.6 Å². The van der Waals surface area contributed by atoms with Crippen molar-refractivity contribution in [1.29, 1.82) is 0 Å². The number of amides is 2. The molecule has 0 fully saturated rings. The molecule has 10 heteroatoms. The Hall–Kier alpha value is -2.32. The minimum absolute atomic E-state index is 0.159. The molecule has 138 valence electrons. The first kappa shape index (κ1) is 18.5. The van der Waals surface area contributed by atoms with Crippen LogP contribution in [0.4, 0.5) is 23.7 Å². The van der Waals surface area contributed by atoms with Crippen molar-refractivity contribution in [1.82, 2.24) is 5.32 Å². The van der Waals surface area contributed by atoms with Crippen LogP contribution < -0.4 is 20.1 Å². The summed E-state index contributed by atoms with van der Waals surface area (Å²) in [6.07, 6.45) is -5.06. The van der Waals surface area contributed by atoms with E-state index in [1.807, 2.05) is 0 Å². The van der Waals surface area contributed by atoms with Gasteiger partial charge >= 0.3 is 18.1 Å². The average molecular weight is 407 g/mol. The Morgan fingerprint density at radius 3 is 2.31 bits per heavy atom. The summed E-state index contributed by atoms with van der Waals surface area (Å²) in [5.74, 6) is -3.81. The van der Waals surface area contributed by atoms with E-state index < -0.39 is 18.1 Å². The molecule has 26 heavy (non-hydrogen) atoms. The number of carbonyl (C=O) groups excluding carboxylic acids is 1. The lowest BCUT2D eigenvalue weighted by Gasteiger charge is -2.29. The number of aryl methyl sites for hydroxylation is 1. The highest BCUT2D eigenvalue weighted by atomic mass is 35.5. The normalized spacial score (nSPS) is 18.5. The van der Waals surface area contributed by atoms with E-state index in [1.54, 1.807) is 18.3 Å². The summed E-state index contributed by atoms with van der Waals surface area (Å²) in [5.41, 5.74) is 0.847. The molecule has 1 heterocycles. The number of fused-ring (bicyclic) bond motifs is 1. The third-order valence-electron chi connectivity index (χ3n) is 3.50. The molecule has 1 aliphatic heterocycles. The van der Waals surface area contributed by atoms with Crippen molar-refractivity contribution in [2.75, 3.05) is 5.32 Å². The van der Waals surface area contributed by atoms with Gasteiger partial charge in [-0.25, -0.2) is 4.79 Å². The number of halogens is 5. The fourth-order valence-electron chi connectivity index (χ4n) is 2.28. The maximum Gasteiger partial charge on any atom is 0.492 e. The summed E-state index contributed by atoms with van der Waals surface area (Å²) in [4.78, 5) is 12.1. The van der Waals surface area contributed by atoms with E-state index >= 15 is 0 Å². The Balaban J connectivity index is 1.83. The number of benzene rings is 2. The highest BCUT2D eigenvalue weighted by molar-refractivity contribution is 6.31. The van der Waals surface area contributed by atoms with Crippen LogP contribution in [0.3, 0.4) is 0 Å². The molecule has 0 saturated heterocycles.